The minimum atomic E-state index is -1.29. The van der Waals surface area contributed by atoms with Crippen molar-refractivity contribution in [2.45, 2.75) is 123 Å². The van der Waals surface area contributed by atoms with E-state index in [1.165, 1.54) is 28.8 Å². The van der Waals surface area contributed by atoms with Gasteiger partial charge in [0, 0.05) is 33.5 Å². The summed E-state index contributed by atoms with van der Waals surface area (Å²) in [4.78, 5) is 88.7. The number of unbranched alkanes of at least 4 members (excludes halogenated alkanes) is 1. The lowest BCUT2D eigenvalue weighted by Gasteiger charge is -2.36. The van der Waals surface area contributed by atoms with Gasteiger partial charge in [-0.25, -0.2) is 9.59 Å². The van der Waals surface area contributed by atoms with Gasteiger partial charge in [0.05, 0.1) is 5.92 Å². The van der Waals surface area contributed by atoms with Crippen molar-refractivity contribution < 1.29 is 38.2 Å². The first-order valence-corrected chi connectivity index (χ1v) is 18.5. The summed E-state index contributed by atoms with van der Waals surface area (Å²) < 4.78 is 12.1. The van der Waals surface area contributed by atoms with E-state index in [1.807, 2.05) is 30.3 Å². The Morgan fingerprint density at radius 2 is 1.40 bits per heavy atom. The molecule has 0 spiro atoms. The van der Waals surface area contributed by atoms with Gasteiger partial charge in [-0.2, -0.15) is 0 Å². The largest absolute Gasteiger partial charge is 0.460 e. The molecule has 286 valence electrons. The first-order valence-electron chi connectivity index (χ1n) is 18.5. The third-order valence-electron chi connectivity index (χ3n) is 10.2. The molecule has 2 fully saturated rings. The van der Waals surface area contributed by atoms with Crippen molar-refractivity contribution in [2.24, 2.45) is 23.7 Å². The van der Waals surface area contributed by atoms with Crippen molar-refractivity contribution >= 4 is 35.6 Å². The van der Waals surface area contributed by atoms with Gasteiger partial charge in [-0.3, -0.25) is 19.2 Å². The molecule has 0 unspecified atom stereocenters. The number of carbonyl (C=O) groups is 6. The Hall–Kier alpha value is -4.40. The van der Waals surface area contributed by atoms with E-state index in [9.17, 15) is 28.8 Å². The zero-order valence-electron chi connectivity index (χ0n) is 32.3. The predicted octanol–water partition coefficient (Wildman–Crippen LogP) is 3.60. The van der Waals surface area contributed by atoms with Crippen molar-refractivity contribution in [1.29, 1.82) is 0 Å². The number of cyclic esters (lactones) is 2. The molecule has 1 N–H and O–H groups in total. The summed E-state index contributed by atoms with van der Waals surface area (Å²) in [6.07, 6.45) is 5.39. The van der Waals surface area contributed by atoms with Gasteiger partial charge in [0.15, 0.2) is 6.10 Å². The number of nitrogens with one attached hydrogen (secondary N) is 1. The van der Waals surface area contributed by atoms with Crippen LogP contribution in [0.15, 0.2) is 30.3 Å². The highest BCUT2D eigenvalue weighted by atomic mass is 16.6. The molecule has 2 aliphatic rings. The number of esters is 2. The fourth-order valence-electron chi connectivity index (χ4n) is 7.18. The molecule has 0 saturated carbocycles. The van der Waals surface area contributed by atoms with Crippen LogP contribution in [0.25, 0.3) is 0 Å². The number of terminal acetylenes is 1. The number of hydrogen-bond donors (Lipinski definition) is 1. The maximum atomic E-state index is 14.4. The number of fused-ring (bicyclic) bond motifs is 1. The summed E-state index contributed by atoms with van der Waals surface area (Å²) in [5.74, 6) is -2.95. The molecule has 12 heteroatoms. The lowest BCUT2D eigenvalue weighted by atomic mass is 9.95. The molecule has 7 atom stereocenters. The fourth-order valence-corrected chi connectivity index (χ4v) is 7.18. The summed E-state index contributed by atoms with van der Waals surface area (Å²) in [6, 6.07) is 5.06. The maximum absolute atomic E-state index is 14.4. The van der Waals surface area contributed by atoms with Crippen molar-refractivity contribution in [3.63, 3.8) is 0 Å². The minimum Gasteiger partial charge on any atom is -0.460 e. The molecule has 0 radical (unpaired) electrons. The Morgan fingerprint density at radius 3 is 1.96 bits per heavy atom. The van der Waals surface area contributed by atoms with Crippen LogP contribution >= 0.6 is 0 Å². The molecule has 52 heavy (non-hydrogen) atoms. The first-order chi connectivity index (χ1) is 24.5. The molecule has 1 aromatic carbocycles. The van der Waals surface area contributed by atoms with Crippen LogP contribution in [0, 0.1) is 36.0 Å². The third kappa shape index (κ3) is 10.1. The minimum absolute atomic E-state index is 0.0473. The van der Waals surface area contributed by atoms with E-state index in [-0.39, 0.29) is 31.2 Å². The Labute approximate surface area is 309 Å². The Morgan fingerprint density at radius 1 is 0.827 bits per heavy atom. The Kier molecular flexibility index (Phi) is 15.3. The number of likely N-dealkylation sites (N-methyl/N-ethyl adjacent to an activating group) is 2. The monoisotopic (exact) mass is 722 g/mol. The number of carbonyl (C=O) groups excluding carboxylic acids is 6. The first kappa shape index (κ1) is 42.0. The number of benzene rings is 1. The van der Waals surface area contributed by atoms with Gasteiger partial charge in [-0.05, 0) is 49.0 Å². The highest BCUT2D eigenvalue weighted by molar-refractivity contribution is 5.95. The highest BCUT2D eigenvalue weighted by Gasteiger charge is 2.45. The average Bonchev–Trinajstić information content (AvgIpc) is 3.58. The van der Waals surface area contributed by atoms with Crippen molar-refractivity contribution in [3.05, 3.63) is 35.9 Å². The molecule has 0 aromatic heterocycles. The smallest absolute Gasteiger partial charge is 0.329 e. The van der Waals surface area contributed by atoms with Crippen LogP contribution in [0.3, 0.4) is 0 Å². The van der Waals surface area contributed by atoms with Crippen LogP contribution in [0.2, 0.25) is 0 Å². The van der Waals surface area contributed by atoms with E-state index in [4.69, 9.17) is 15.9 Å². The Balaban J connectivity index is 2.17. The van der Waals surface area contributed by atoms with E-state index < -0.39 is 83.8 Å². The van der Waals surface area contributed by atoms with Crippen LogP contribution in [-0.2, 0) is 44.7 Å². The second-order valence-corrected chi connectivity index (χ2v) is 15.2. The van der Waals surface area contributed by atoms with Crippen LogP contribution in [-0.4, -0.2) is 107 Å². The molecule has 12 nitrogen and oxygen atoms in total. The quantitative estimate of drug-likeness (QED) is 0.244. The van der Waals surface area contributed by atoms with Crippen molar-refractivity contribution in [3.8, 4) is 12.3 Å². The summed E-state index contributed by atoms with van der Waals surface area (Å²) >= 11 is 0. The molecule has 0 aliphatic carbocycles. The van der Waals surface area contributed by atoms with Gasteiger partial charge in [0.25, 0.3) is 5.91 Å². The molecule has 4 amide bonds. The van der Waals surface area contributed by atoms with E-state index >= 15 is 0 Å². The average molecular weight is 723 g/mol. The normalized spacial score (nSPS) is 27.5. The molecule has 2 heterocycles. The number of amides is 4. The van der Waals surface area contributed by atoms with Crippen LogP contribution in [0.4, 0.5) is 0 Å². The van der Waals surface area contributed by atoms with Gasteiger partial charge in [0.2, 0.25) is 17.7 Å². The Bertz CT molecular complexity index is 1470. The van der Waals surface area contributed by atoms with Gasteiger partial charge in [0.1, 0.15) is 30.3 Å². The number of ether oxygens (including phenoxy) is 2. The molecule has 0 bridgehead atoms. The lowest BCUT2D eigenvalue weighted by Crippen LogP contribution is -2.57. The van der Waals surface area contributed by atoms with Gasteiger partial charge in [-0.15, -0.1) is 12.3 Å². The number of nitrogens with zero attached hydrogens (tertiary/aromatic N) is 3. The summed E-state index contributed by atoms with van der Waals surface area (Å²) in [7, 11) is 3.00. The third-order valence-corrected chi connectivity index (χ3v) is 10.2. The topological polar surface area (TPSA) is 143 Å². The second-order valence-electron chi connectivity index (χ2n) is 15.2. The molecule has 2 saturated heterocycles. The zero-order valence-corrected chi connectivity index (χ0v) is 32.3. The van der Waals surface area contributed by atoms with Gasteiger partial charge >= 0.3 is 11.9 Å². The predicted molar refractivity (Wildman–Crippen MR) is 196 cm³/mol. The van der Waals surface area contributed by atoms with E-state index in [0.29, 0.717) is 25.7 Å². The standard InChI is InChI=1S/C40H58N4O8/c1-11-12-14-21-30-27(8)35(45)41-32(24(2)3)38(48)43(10)34(26(6)7)40(50)52-31(23-28-18-15-13-16-19-28)37(47)44-22-17-20-29(44)36(46)42(9)33(25(4)5)39(49)51-30/h1,13,15-16,18-19,24-27,29-34H,12,14,17,20-23H2,2-10H3,(H,41,45)/t27-,29-,30+,31-,32-,33-,34-/m0/s1. The highest BCUT2D eigenvalue weighted by Crippen LogP contribution is 2.27. The van der Waals surface area contributed by atoms with Crippen LogP contribution < -0.4 is 5.32 Å². The zero-order chi connectivity index (χ0) is 38.9. The van der Waals surface area contributed by atoms with Crippen molar-refractivity contribution in [2.75, 3.05) is 20.6 Å². The van der Waals surface area contributed by atoms with Crippen LogP contribution in [0.1, 0.15) is 86.1 Å². The molecule has 2 aliphatic heterocycles. The summed E-state index contributed by atoms with van der Waals surface area (Å²) in [5, 5.41) is 2.86. The second kappa shape index (κ2) is 18.9. The molecular weight excluding hydrogens is 664 g/mol. The summed E-state index contributed by atoms with van der Waals surface area (Å²) in [6.45, 7) is 12.6. The van der Waals surface area contributed by atoms with E-state index in [1.54, 1.807) is 48.5 Å². The molecular formula is C40H58N4O8. The number of hydrogen-bond acceptors (Lipinski definition) is 8. The lowest BCUT2D eigenvalue weighted by molar-refractivity contribution is -0.169. The van der Waals surface area contributed by atoms with Crippen LogP contribution in [0.5, 0.6) is 0 Å². The fraction of sp³-hybridized carbons (Fsp3) is 0.650. The number of rotatable bonds is 8. The SMILES string of the molecule is C#CCCC[C@H]1OC(=O)[C@H](C(C)C)N(C)C(=O)[C@@H]2CCCN2C(=O)[C@H](Cc2ccccc2)OC(=O)[C@H](C(C)C)N(C)C(=O)[C@H](C(C)C)NC(=O)[C@H]1C. The van der Waals surface area contributed by atoms with E-state index in [2.05, 4.69) is 11.2 Å². The van der Waals surface area contributed by atoms with E-state index in [0.717, 1.165) is 5.56 Å². The van der Waals surface area contributed by atoms with Gasteiger partial charge < -0.3 is 29.5 Å². The maximum Gasteiger partial charge on any atom is 0.329 e. The van der Waals surface area contributed by atoms with Gasteiger partial charge in [-0.1, -0.05) is 78.8 Å². The van der Waals surface area contributed by atoms with Crippen molar-refractivity contribution in [1.82, 2.24) is 20.0 Å². The molecule has 1 aromatic rings. The molecule has 3 rings (SSSR count). The summed E-state index contributed by atoms with van der Waals surface area (Å²) in [5.41, 5.74) is 0.743.